The lowest BCUT2D eigenvalue weighted by Crippen LogP contribution is -2.16. The molecule has 1 amide bonds. The Morgan fingerprint density at radius 1 is 0.903 bits per heavy atom. The number of sulfonamides is 1. The molecule has 4 aromatic rings. The number of nitrogens with one attached hydrogen (secondary N) is 2. The number of aryl methyl sites for hydroxylation is 1. The van der Waals surface area contributed by atoms with E-state index >= 15 is 0 Å². The molecule has 8 heteroatoms. The van der Waals surface area contributed by atoms with Crippen molar-refractivity contribution in [2.75, 3.05) is 10.0 Å². The quantitative estimate of drug-likeness (QED) is 0.477. The van der Waals surface area contributed by atoms with Gasteiger partial charge in [-0.1, -0.05) is 36.4 Å². The lowest BCUT2D eigenvalue weighted by molar-refractivity contribution is 0.102. The standard InChI is InChI=1S/C23H20N4O3S/c1-17-7-5-9-19(15-17)26-31(29,30)21-12-6-8-18(16-21)23(28)24-22-13-14-27(25-22)20-10-3-2-4-11-20/h2-16,26H,1H3,(H,24,25,28). The van der Waals surface area contributed by atoms with Gasteiger partial charge in [0.05, 0.1) is 10.6 Å². The third-order valence-corrected chi connectivity index (χ3v) is 5.91. The second-order valence-electron chi connectivity index (χ2n) is 6.94. The Labute approximate surface area is 180 Å². The van der Waals surface area contributed by atoms with Gasteiger partial charge in [0.25, 0.3) is 15.9 Å². The van der Waals surface area contributed by atoms with E-state index < -0.39 is 15.9 Å². The topological polar surface area (TPSA) is 93.1 Å². The molecule has 0 radical (unpaired) electrons. The van der Waals surface area contributed by atoms with Crippen LogP contribution in [-0.4, -0.2) is 24.1 Å². The summed E-state index contributed by atoms with van der Waals surface area (Å²) in [4.78, 5) is 12.7. The van der Waals surface area contributed by atoms with E-state index in [4.69, 9.17) is 0 Å². The van der Waals surface area contributed by atoms with Gasteiger partial charge in [0.2, 0.25) is 0 Å². The maximum Gasteiger partial charge on any atom is 0.261 e. The molecule has 0 spiro atoms. The zero-order chi connectivity index (χ0) is 21.8. The molecule has 1 aromatic heterocycles. The number of hydrogen-bond acceptors (Lipinski definition) is 4. The number of anilines is 2. The molecule has 0 saturated heterocycles. The Hall–Kier alpha value is -3.91. The summed E-state index contributed by atoms with van der Waals surface area (Å²) in [5.41, 5.74) is 2.46. The minimum Gasteiger partial charge on any atom is -0.305 e. The summed E-state index contributed by atoms with van der Waals surface area (Å²) in [5, 5.41) is 7.03. The maximum absolute atomic E-state index is 12.7. The van der Waals surface area contributed by atoms with Crippen molar-refractivity contribution in [3.8, 4) is 5.69 Å². The van der Waals surface area contributed by atoms with Crippen molar-refractivity contribution in [1.82, 2.24) is 9.78 Å². The first-order chi connectivity index (χ1) is 14.9. The lowest BCUT2D eigenvalue weighted by atomic mass is 10.2. The van der Waals surface area contributed by atoms with Crippen molar-refractivity contribution in [2.24, 2.45) is 0 Å². The number of carbonyl (C=O) groups excluding carboxylic acids is 1. The van der Waals surface area contributed by atoms with Crippen molar-refractivity contribution in [3.63, 3.8) is 0 Å². The van der Waals surface area contributed by atoms with Gasteiger partial charge < -0.3 is 5.32 Å². The average Bonchev–Trinajstić information content (AvgIpc) is 3.23. The smallest absolute Gasteiger partial charge is 0.261 e. The van der Waals surface area contributed by atoms with E-state index in [0.717, 1.165) is 11.3 Å². The Morgan fingerprint density at radius 2 is 1.68 bits per heavy atom. The first kappa shape index (κ1) is 20.4. The van der Waals surface area contributed by atoms with Gasteiger partial charge in [0.15, 0.2) is 5.82 Å². The third kappa shape index (κ3) is 4.81. The monoisotopic (exact) mass is 432 g/mol. The van der Waals surface area contributed by atoms with Gasteiger partial charge in [-0.3, -0.25) is 9.52 Å². The third-order valence-electron chi connectivity index (χ3n) is 4.53. The number of amides is 1. The fourth-order valence-corrected chi connectivity index (χ4v) is 4.13. The highest BCUT2D eigenvalue weighted by Gasteiger charge is 2.17. The molecule has 156 valence electrons. The first-order valence-corrected chi connectivity index (χ1v) is 11.0. The van der Waals surface area contributed by atoms with Crippen LogP contribution in [0.4, 0.5) is 11.5 Å². The lowest BCUT2D eigenvalue weighted by Gasteiger charge is -2.10. The van der Waals surface area contributed by atoms with Gasteiger partial charge in [-0.25, -0.2) is 13.1 Å². The molecule has 0 aliphatic rings. The van der Waals surface area contributed by atoms with Crippen molar-refractivity contribution in [1.29, 1.82) is 0 Å². The maximum atomic E-state index is 12.7. The fourth-order valence-electron chi connectivity index (χ4n) is 3.03. The molecule has 4 rings (SSSR count). The molecule has 2 N–H and O–H groups in total. The summed E-state index contributed by atoms with van der Waals surface area (Å²) in [6.07, 6.45) is 1.73. The summed E-state index contributed by atoms with van der Waals surface area (Å²) in [7, 11) is -3.84. The normalized spacial score (nSPS) is 11.1. The van der Waals surface area contributed by atoms with Crippen molar-refractivity contribution < 1.29 is 13.2 Å². The molecule has 0 saturated carbocycles. The van der Waals surface area contributed by atoms with Crippen LogP contribution in [0.1, 0.15) is 15.9 Å². The van der Waals surface area contributed by atoms with Gasteiger partial charge in [-0.15, -0.1) is 0 Å². The molecular weight excluding hydrogens is 412 g/mol. The Balaban J connectivity index is 1.51. The molecular formula is C23H20N4O3S. The minimum atomic E-state index is -3.84. The van der Waals surface area contributed by atoms with E-state index in [0.29, 0.717) is 11.5 Å². The van der Waals surface area contributed by atoms with E-state index in [1.54, 1.807) is 41.2 Å². The van der Waals surface area contributed by atoms with Gasteiger partial charge >= 0.3 is 0 Å². The van der Waals surface area contributed by atoms with Gasteiger partial charge in [0, 0.05) is 23.5 Å². The molecule has 3 aromatic carbocycles. The van der Waals surface area contributed by atoms with Crippen molar-refractivity contribution >= 4 is 27.4 Å². The number of rotatable bonds is 6. The number of hydrogen-bond donors (Lipinski definition) is 2. The summed E-state index contributed by atoms with van der Waals surface area (Å²) in [5.74, 6) is -0.0917. The van der Waals surface area contributed by atoms with Gasteiger partial charge in [0.1, 0.15) is 0 Å². The number of para-hydroxylation sites is 1. The summed E-state index contributed by atoms with van der Waals surface area (Å²) < 4.78 is 29.7. The Kier molecular flexibility index (Phi) is 5.55. The van der Waals surface area contributed by atoms with E-state index in [9.17, 15) is 13.2 Å². The van der Waals surface area contributed by atoms with E-state index in [-0.39, 0.29) is 10.5 Å². The van der Waals surface area contributed by atoms with Crippen molar-refractivity contribution in [3.05, 3.63) is 102 Å². The van der Waals surface area contributed by atoms with Crippen LogP contribution >= 0.6 is 0 Å². The van der Waals surface area contributed by atoms with Crippen LogP contribution in [0.25, 0.3) is 5.69 Å². The molecule has 0 unspecified atom stereocenters. The van der Waals surface area contributed by atoms with Crippen LogP contribution in [0.5, 0.6) is 0 Å². The number of carbonyl (C=O) groups is 1. The zero-order valence-corrected chi connectivity index (χ0v) is 17.5. The Morgan fingerprint density at radius 3 is 2.45 bits per heavy atom. The molecule has 1 heterocycles. The van der Waals surface area contributed by atoms with Crippen LogP contribution < -0.4 is 10.0 Å². The molecule has 0 atom stereocenters. The second-order valence-corrected chi connectivity index (χ2v) is 8.62. The largest absolute Gasteiger partial charge is 0.305 e. The molecule has 0 aliphatic carbocycles. The van der Waals surface area contributed by atoms with Gasteiger partial charge in [-0.2, -0.15) is 5.10 Å². The molecule has 7 nitrogen and oxygen atoms in total. The predicted octanol–water partition coefficient (Wildman–Crippen LogP) is 4.23. The highest BCUT2D eigenvalue weighted by Crippen LogP contribution is 2.19. The summed E-state index contributed by atoms with van der Waals surface area (Å²) >= 11 is 0. The SMILES string of the molecule is Cc1cccc(NS(=O)(=O)c2cccc(C(=O)Nc3ccn(-c4ccccc4)n3)c2)c1. The predicted molar refractivity (Wildman–Crippen MR) is 120 cm³/mol. The van der Waals surface area contributed by atoms with E-state index in [1.165, 1.54) is 18.2 Å². The summed E-state index contributed by atoms with van der Waals surface area (Å²) in [6, 6.07) is 24.1. The molecule has 0 aliphatic heterocycles. The van der Waals surface area contributed by atoms with E-state index in [1.807, 2.05) is 43.3 Å². The number of benzene rings is 3. The summed E-state index contributed by atoms with van der Waals surface area (Å²) in [6.45, 7) is 1.88. The second kappa shape index (κ2) is 8.45. The first-order valence-electron chi connectivity index (χ1n) is 9.53. The number of nitrogens with zero attached hydrogens (tertiary/aromatic N) is 2. The molecule has 31 heavy (non-hydrogen) atoms. The van der Waals surface area contributed by atoms with Crippen LogP contribution in [-0.2, 0) is 10.0 Å². The zero-order valence-electron chi connectivity index (χ0n) is 16.7. The highest BCUT2D eigenvalue weighted by molar-refractivity contribution is 7.92. The Bertz CT molecular complexity index is 1330. The van der Waals surface area contributed by atoms with Gasteiger partial charge in [-0.05, 0) is 55.0 Å². The van der Waals surface area contributed by atoms with Crippen LogP contribution in [0.15, 0.2) is 96.0 Å². The number of aromatic nitrogens is 2. The average molecular weight is 433 g/mol. The minimum absolute atomic E-state index is 0.00327. The van der Waals surface area contributed by atoms with Crippen molar-refractivity contribution in [2.45, 2.75) is 11.8 Å². The van der Waals surface area contributed by atoms with Crippen LogP contribution in [0, 0.1) is 6.92 Å². The molecule has 0 bridgehead atoms. The van der Waals surface area contributed by atoms with E-state index in [2.05, 4.69) is 15.1 Å². The highest BCUT2D eigenvalue weighted by atomic mass is 32.2. The van der Waals surface area contributed by atoms with Crippen LogP contribution in [0.3, 0.4) is 0 Å². The van der Waals surface area contributed by atoms with Crippen LogP contribution in [0.2, 0.25) is 0 Å². The molecule has 0 fully saturated rings. The fraction of sp³-hybridized carbons (Fsp3) is 0.0435.